The molecule has 0 fully saturated rings. The van der Waals surface area contributed by atoms with E-state index >= 15 is 0 Å². The van der Waals surface area contributed by atoms with Crippen molar-refractivity contribution in [3.05, 3.63) is 41.1 Å². The lowest BCUT2D eigenvalue weighted by Gasteiger charge is -2.13. The van der Waals surface area contributed by atoms with Crippen LogP contribution < -0.4 is 14.2 Å². The smallest absolute Gasteiger partial charge is 0.160 e. The first-order chi connectivity index (χ1) is 12.5. The fourth-order valence-corrected chi connectivity index (χ4v) is 3.38. The molecule has 3 rings (SSSR count). The van der Waals surface area contributed by atoms with Crippen LogP contribution in [0.15, 0.2) is 41.1 Å². The van der Waals surface area contributed by atoms with E-state index in [0.29, 0.717) is 17.2 Å². The molecular formula is C19H19BrN2O4. The third-order valence-electron chi connectivity index (χ3n) is 4.11. The van der Waals surface area contributed by atoms with Gasteiger partial charge in [-0.1, -0.05) is 0 Å². The number of hydrogen-bond donors (Lipinski definition) is 1. The minimum atomic E-state index is 0.0723. The Balaban J connectivity index is 2.19. The second-order valence-corrected chi connectivity index (χ2v) is 6.43. The van der Waals surface area contributed by atoms with Crippen LogP contribution in [-0.2, 0) is 7.05 Å². The minimum Gasteiger partial charge on any atom is -0.504 e. The molecule has 0 unspecified atom stereocenters. The zero-order chi connectivity index (χ0) is 18.8. The SMILES string of the molecule is COc1ccc(-c2c(-c3cc(OC)c(Br)c(OC)c3)ncn2C)cc1O. The summed E-state index contributed by atoms with van der Waals surface area (Å²) in [5.41, 5.74) is 3.27. The predicted molar refractivity (Wildman–Crippen MR) is 103 cm³/mol. The molecule has 0 saturated carbocycles. The molecule has 0 saturated heterocycles. The van der Waals surface area contributed by atoms with Gasteiger partial charge in [-0.05, 0) is 46.3 Å². The van der Waals surface area contributed by atoms with Crippen LogP contribution in [0.25, 0.3) is 22.5 Å². The van der Waals surface area contributed by atoms with Crippen LogP contribution in [0, 0.1) is 0 Å². The van der Waals surface area contributed by atoms with Gasteiger partial charge in [0.25, 0.3) is 0 Å². The van der Waals surface area contributed by atoms with Gasteiger partial charge in [-0.2, -0.15) is 0 Å². The molecule has 3 aromatic rings. The molecule has 1 N–H and O–H groups in total. The Labute approximate surface area is 160 Å². The topological polar surface area (TPSA) is 65.7 Å². The third kappa shape index (κ3) is 3.10. The Morgan fingerprint density at radius 2 is 1.54 bits per heavy atom. The van der Waals surface area contributed by atoms with Gasteiger partial charge in [0.1, 0.15) is 16.0 Å². The highest BCUT2D eigenvalue weighted by molar-refractivity contribution is 9.10. The number of halogens is 1. The van der Waals surface area contributed by atoms with Gasteiger partial charge in [-0.25, -0.2) is 4.98 Å². The number of phenolic OH excluding ortho intramolecular Hbond substituents is 1. The van der Waals surface area contributed by atoms with Crippen LogP contribution in [0.1, 0.15) is 0 Å². The summed E-state index contributed by atoms with van der Waals surface area (Å²) in [6, 6.07) is 9.05. The summed E-state index contributed by atoms with van der Waals surface area (Å²) in [7, 11) is 6.62. The van der Waals surface area contributed by atoms with E-state index in [1.54, 1.807) is 32.7 Å². The number of hydrogen-bond acceptors (Lipinski definition) is 5. The Morgan fingerprint density at radius 3 is 2.08 bits per heavy atom. The zero-order valence-electron chi connectivity index (χ0n) is 14.9. The van der Waals surface area contributed by atoms with E-state index in [0.717, 1.165) is 27.0 Å². The van der Waals surface area contributed by atoms with Crippen molar-refractivity contribution in [1.82, 2.24) is 9.55 Å². The molecule has 1 heterocycles. The number of aryl methyl sites for hydroxylation is 1. The lowest BCUT2D eigenvalue weighted by molar-refractivity contribution is 0.373. The van der Waals surface area contributed by atoms with E-state index in [-0.39, 0.29) is 5.75 Å². The van der Waals surface area contributed by atoms with E-state index in [2.05, 4.69) is 20.9 Å². The van der Waals surface area contributed by atoms with Crippen molar-refractivity contribution in [3.63, 3.8) is 0 Å². The Hall–Kier alpha value is -2.67. The molecule has 0 atom stereocenters. The summed E-state index contributed by atoms with van der Waals surface area (Å²) >= 11 is 3.48. The van der Waals surface area contributed by atoms with Crippen molar-refractivity contribution in [2.75, 3.05) is 21.3 Å². The summed E-state index contributed by atoms with van der Waals surface area (Å²) in [6.45, 7) is 0. The van der Waals surface area contributed by atoms with Crippen LogP contribution in [0.2, 0.25) is 0 Å². The molecular weight excluding hydrogens is 400 g/mol. The maximum absolute atomic E-state index is 10.1. The van der Waals surface area contributed by atoms with E-state index in [4.69, 9.17) is 14.2 Å². The average Bonchev–Trinajstić information content (AvgIpc) is 3.03. The van der Waals surface area contributed by atoms with E-state index in [9.17, 15) is 5.11 Å². The van der Waals surface area contributed by atoms with Gasteiger partial charge in [0, 0.05) is 18.2 Å². The number of phenols is 1. The highest BCUT2D eigenvalue weighted by atomic mass is 79.9. The van der Waals surface area contributed by atoms with Crippen molar-refractivity contribution in [2.45, 2.75) is 0 Å². The predicted octanol–water partition coefficient (Wildman–Crippen LogP) is 4.25. The van der Waals surface area contributed by atoms with Gasteiger partial charge in [-0.3, -0.25) is 0 Å². The van der Waals surface area contributed by atoms with Gasteiger partial charge >= 0.3 is 0 Å². The summed E-state index contributed by atoms with van der Waals surface area (Å²) < 4.78 is 18.6. The maximum Gasteiger partial charge on any atom is 0.160 e. The quantitative estimate of drug-likeness (QED) is 0.670. The van der Waals surface area contributed by atoms with Crippen LogP contribution in [0.3, 0.4) is 0 Å². The molecule has 6 nitrogen and oxygen atoms in total. The van der Waals surface area contributed by atoms with Crippen molar-refractivity contribution >= 4 is 15.9 Å². The second-order valence-electron chi connectivity index (χ2n) is 5.63. The normalized spacial score (nSPS) is 10.7. The molecule has 26 heavy (non-hydrogen) atoms. The molecule has 1 aromatic heterocycles. The van der Waals surface area contributed by atoms with Crippen LogP contribution in [0.4, 0.5) is 0 Å². The monoisotopic (exact) mass is 418 g/mol. The standard InChI is InChI=1S/C19H19BrN2O4/c1-22-10-21-18(12-8-15(25-3)17(20)16(9-12)26-4)19(22)11-5-6-14(24-2)13(23)7-11/h5-10,23H,1-4H3. The van der Waals surface area contributed by atoms with E-state index < -0.39 is 0 Å². The van der Waals surface area contributed by atoms with Gasteiger partial charge in [0.15, 0.2) is 11.5 Å². The zero-order valence-corrected chi connectivity index (χ0v) is 16.5. The lowest BCUT2D eigenvalue weighted by atomic mass is 10.0. The largest absolute Gasteiger partial charge is 0.504 e. The number of aromatic nitrogens is 2. The number of imidazole rings is 1. The fourth-order valence-electron chi connectivity index (χ4n) is 2.83. The molecule has 0 radical (unpaired) electrons. The van der Waals surface area contributed by atoms with E-state index in [1.807, 2.05) is 29.8 Å². The van der Waals surface area contributed by atoms with Crippen molar-refractivity contribution in [2.24, 2.45) is 7.05 Å². The summed E-state index contributed by atoms with van der Waals surface area (Å²) in [4.78, 5) is 4.54. The molecule has 0 amide bonds. The number of nitrogens with zero attached hydrogens (tertiary/aromatic N) is 2. The van der Waals surface area contributed by atoms with Gasteiger partial charge < -0.3 is 23.9 Å². The van der Waals surface area contributed by atoms with Gasteiger partial charge in [0.2, 0.25) is 0 Å². The highest BCUT2D eigenvalue weighted by Gasteiger charge is 2.18. The molecule has 136 valence electrons. The number of aromatic hydroxyl groups is 1. The summed E-state index contributed by atoms with van der Waals surface area (Å²) in [5, 5.41) is 10.1. The van der Waals surface area contributed by atoms with Crippen molar-refractivity contribution < 1.29 is 19.3 Å². The van der Waals surface area contributed by atoms with Gasteiger partial charge in [-0.15, -0.1) is 0 Å². The molecule has 0 aliphatic rings. The summed E-state index contributed by atoms with van der Waals surface area (Å²) in [6.07, 6.45) is 1.73. The number of methoxy groups -OCH3 is 3. The molecule has 0 aliphatic heterocycles. The number of benzene rings is 2. The van der Waals surface area contributed by atoms with Crippen LogP contribution >= 0.6 is 15.9 Å². The van der Waals surface area contributed by atoms with Gasteiger partial charge in [0.05, 0.1) is 39.0 Å². The molecule has 0 aliphatic carbocycles. The number of ether oxygens (including phenoxy) is 3. The Morgan fingerprint density at radius 1 is 0.923 bits per heavy atom. The second kappa shape index (κ2) is 7.29. The van der Waals surface area contributed by atoms with Crippen LogP contribution in [0.5, 0.6) is 23.0 Å². The van der Waals surface area contributed by atoms with Crippen LogP contribution in [-0.4, -0.2) is 36.0 Å². The average molecular weight is 419 g/mol. The van der Waals surface area contributed by atoms with Crippen molar-refractivity contribution in [3.8, 4) is 45.5 Å². The first-order valence-electron chi connectivity index (χ1n) is 7.80. The highest BCUT2D eigenvalue weighted by Crippen LogP contribution is 2.41. The van der Waals surface area contributed by atoms with Crippen molar-refractivity contribution in [1.29, 1.82) is 0 Å². The molecule has 0 spiro atoms. The molecule has 2 aromatic carbocycles. The first-order valence-corrected chi connectivity index (χ1v) is 8.60. The third-order valence-corrected chi connectivity index (χ3v) is 4.89. The van der Waals surface area contributed by atoms with E-state index in [1.165, 1.54) is 7.11 Å². The first kappa shape index (κ1) is 18.1. The fraction of sp³-hybridized carbons (Fsp3) is 0.211. The molecule has 0 bridgehead atoms. The summed E-state index contributed by atoms with van der Waals surface area (Å²) in [5.74, 6) is 1.79. The lowest BCUT2D eigenvalue weighted by Crippen LogP contribution is -1.95. The molecule has 7 heteroatoms. The Bertz CT molecular complexity index is 928. The Kier molecular flexibility index (Phi) is 5.08. The number of rotatable bonds is 5. The minimum absolute atomic E-state index is 0.0723. The maximum atomic E-state index is 10.1.